The summed E-state index contributed by atoms with van der Waals surface area (Å²) >= 11 is 0. The number of aromatic nitrogens is 3. The van der Waals surface area contributed by atoms with Crippen LogP contribution in [0, 0.1) is 5.82 Å². The molecule has 1 heterocycles. The first-order valence-electron chi connectivity index (χ1n) is 6.09. The van der Waals surface area contributed by atoms with Crippen LogP contribution >= 0.6 is 0 Å². The molecule has 0 fully saturated rings. The minimum atomic E-state index is -0.658. The van der Waals surface area contributed by atoms with Crippen LogP contribution in [0.3, 0.4) is 0 Å². The third kappa shape index (κ3) is 3.11. The highest BCUT2D eigenvalue weighted by atomic mass is 19.1. The van der Waals surface area contributed by atoms with E-state index in [1.165, 1.54) is 12.4 Å². The molecule has 7 heteroatoms. The van der Waals surface area contributed by atoms with Gasteiger partial charge < -0.3 is 10.5 Å². The molecule has 6 nitrogen and oxygen atoms in total. The Kier molecular flexibility index (Phi) is 3.97. The maximum atomic E-state index is 13.2. The zero-order valence-electron chi connectivity index (χ0n) is 11.2. The highest BCUT2D eigenvalue weighted by Crippen LogP contribution is 2.13. The lowest BCUT2D eigenvalue weighted by Gasteiger charge is -2.10. The highest BCUT2D eigenvalue weighted by Gasteiger charge is 2.13. The van der Waals surface area contributed by atoms with Gasteiger partial charge in [-0.05, 0) is 32.0 Å². The van der Waals surface area contributed by atoms with Gasteiger partial charge in [-0.1, -0.05) is 0 Å². The number of carbonyl (C=O) groups is 1. The first-order valence-corrected chi connectivity index (χ1v) is 6.09. The van der Waals surface area contributed by atoms with Gasteiger partial charge in [0.1, 0.15) is 12.1 Å². The van der Waals surface area contributed by atoms with Gasteiger partial charge in [0, 0.05) is 11.7 Å². The van der Waals surface area contributed by atoms with Crippen LogP contribution in [0.2, 0.25) is 0 Å². The molecule has 20 heavy (non-hydrogen) atoms. The third-order valence-corrected chi connectivity index (χ3v) is 2.62. The summed E-state index contributed by atoms with van der Waals surface area (Å²) in [7, 11) is 0. The van der Waals surface area contributed by atoms with Gasteiger partial charge in [-0.3, -0.25) is 0 Å². The maximum Gasteiger partial charge on any atom is 0.338 e. The molecule has 0 bridgehead atoms. The van der Waals surface area contributed by atoms with Crippen LogP contribution in [0.4, 0.5) is 10.1 Å². The van der Waals surface area contributed by atoms with Gasteiger partial charge in [0.25, 0.3) is 0 Å². The van der Waals surface area contributed by atoms with E-state index >= 15 is 0 Å². The quantitative estimate of drug-likeness (QED) is 0.682. The summed E-state index contributed by atoms with van der Waals surface area (Å²) in [6.45, 7) is 3.84. The van der Waals surface area contributed by atoms with Crippen molar-refractivity contribution in [3.63, 3.8) is 0 Å². The molecule has 1 aromatic carbocycles. The molecule has 0 aliphatic carbocycles. The Morgan fingerprint density at radius 3 is 2.85 bits per heavy atom. The Morgan fingerprint density at radius 2 is 2.20 bits per heavy atom. The van der Waals surface area contributed by atoms with Crippen molar-refractivity contribution in [3.8, 4) is 0 Å². The minimum absolute atomic E-state index is 0.0343. The van der Waals surface area contributed by atoms with Gasteiger partial charge in [-0.2, -0.15) is 5.10 Å². The van der Waals surface area contributed by atoms with Crippen LogP contribution in [-0.2, 0) is 11.3 Å². The highest BCUT2D eigenvalue weighted by molar-refractivity contribution is 5.90. The Hall–Kier alpha value is -2.44. The molecule has 0 aliphatic heterocycles. The monoisotopic (exact) mass is 278 g/mol. The number of esters is 1. The summed E-state index contributed by atoms with van der Waals surface area (Å²) in [6, 6.07) is 3.67. The van der Waals surface area contributed by atoms with E-state index < -0.39 is 11.8 Å². The van der Waals surface area contributed by atoms with Crippen LogP contribution in [0.5, 0.6) is 0 Å². The lowest BCUT2D eigenvalue weighted by molar-refractivity contribution is 0.0454. The van der Waals surface area contributed by atoms with E-state index in [0.29, 0.717) is 5.82 Å². The summed E-state index contributed by atoms with van der Waals surface area (Å²) in [5, 5.41) is 4.03. The number of benzene rings is 1. The summed E-state index contributed by atoms with van der Waals surface area (Å²) in [6.07, 6.45) is 1.39. The van der Waals surface area contributed by atoms with Crippen molar-refractivity contribution in [2.24, 2.45) is 0 Å². The fourth-order valence-electron chi connectivity index (χ4n) is 1.75. The molecule has 0 aliphatic rings. The number of hydrogen-bond donors (Lipinski definition) is 1. The molecular formula is C13H15FN4O2. The number of hydrogen-bond acceptors (Lipinski definition) is 5. The number of nitrogens with two attached hydrogens (primary N) is 1. The molecule has 0 atom stereocenters. The first-order chi connectivity index (χ1) is 9.47. The Bertz CT molecular complexity index is 604. The van der Waals surface area contributed by atoms with Crippen LogP contribution in [0.15, 0.2) is 24.5 Å². The Labute approximate surface area is 115 Å². The van der Waals surface area contributed by atoms with Crippen LogP contribution in [0.1, 0.15) is 36.1 Å². The second kappa shape index (κ2) is 5.68. The lowest BCUT2D eigenvalue weighted by Crippen LogP contribution is -2.12. The summed E-state index contributed by atoms with van der Waals surface area (Å²) < 4.78 is 19.9. The standard InChI is InChI=1S/C13H15FN4O2/c1-8(2)18-12(16-7-17-18)6-20-13(19)9-3-10(14)5-11(15)4-9/h3-5,7-8H,6,15H2,1-2H3. The average Bonchev–Trinajstić information content (AvgIpc) is 2.83. The van der Waals surface area contributed by atoms with Crippen LogP contribution < -0.4 is 5.73 Å². The molecule has 0 radical (unpaired) electrons. The van der Waals surface area contributed by atoms with Crippen molar-refractivity contribution in [1.29, 1.82) is 0 Å². The molecule has 2 aromatic rings. The smallest absolute Gasteiger partial charge is 0.338 e. The molecule has 0 unspecified atom stereocenters. The zero-order valence-corrected chi connectivity index (χ0v) is 11.2. The van der Waals surface area contributed by atoms with Crippen LogP contribution in [-0.4, -0.2) is 20.7 Å². The van der Waals surface area contributed by atoms with E-state index in [2.05, 4.69) is 10.1 Å². The number of ether oxygens (including phenoxy) is 1. The van der Waals surface area contributed by atoms with Gasteiger partial charge in [0.2, 0.25) is 0 Å². The second-order valence-electron chi connectivity index (χ2n) is 4.56. The average molecular weight is 278 g/mol. The largest absolute Gasteiger partial charge is 0.454 e. The van der Waals surface area contributed by atoms with Crippen molar-refractivity contribution >= 4 is 11.7 Å². The molecule has 2 rings (SSSR count). The molecule has 0 saturated carbocycles. The number of halogens is 1. The number of anilines is 1. The van der Waals surface area contributed by atoms with Crippen molar-refractivity contribution in [2.45, 2.75) is 26.5 Å². The summed E-state index contributed by atoms with van der Waals surface area (Å²) in [5.74, 6) is -0.713. The number of nitrogens with zero attached hydrogens (tertiary/aromatic N) is 3. The fourth-order valence-corrected chi connectivity index (χ4v) is 1.75. The fraction of sp³-hybridized carbons (Fsp3) is 0.308. The van der Waals surface area contributed by atoms with Crippen molar-refractivity contribution in [3.05, 3.63) is 41.7 Å². The van der Waals surface area contributed by atoms with E-state index in [-0.39, 0.29) is 23.9 Å². The molecule has 2 N–H and O–H groups in total. The summed E-state index contributed by atoms with van der Waals surface area (Å²) in [5.41, 5.74) is 5.71. The second-order valence-corrected chi connectivity index (χ2v) is 4.56. The van der Waals surface area contributed by atoms with Gasteiger partial charge in [-0.25, -0.2) is 18.9 Å². The van der Waals surface area contributed by atoms with Crippen molar-refractivity contribution < 1.29 is 13.9 Å². The maximum absolute atomic E-state index is 13.2. The molecule has 0 saturated heterocycles. The lowest BCUT2D eigenvalue weighted by atomic mass is 10.2. The SMILES string of the molecule is CC(C)n1ncnc1COC(=O)c1cc(N)cc(F)c1. The van der Waals surface area contributed by atoms with E-state index in [1.54, 1.807) is 4.68 Å². The number of nitrogen functional groups attached to an aromatic ring is 1. The van der Waals surface area contributed by atoms with Crippen molar-refractivity contribution in [1.82, 2.24) is 14.8 Å². The summed E-state index contributed by atoms with van der Waals surface area (Å²) in [4.78, 5) is 15.8. The topological polar surface area (TPSA) is 83.0 Å². The molecule has 106 valence electrons. The van der Waals surface area contributed by atoms with E-state index in [4.69, 9.17) is 10.5 Å². The van der Waals surface area contributed by atoms with Crippen molar-refractivity contribution in [2.75, 3.05) is 5.73 Å². The number of carbonyl (C=O) groups excluding carboxylic acids is 1. The third-order valence-electron chi connectivity index (χ3n) is 2.62. The van der Waals surface area contributed by atoms with Gasteiger partial charge in [0.05, 0.1) is 5.56 Å². The Morgan fingerprint density at radius 1 is 1.45 bits per heavy atom. The van der Waals surface area contributed by atoms with Crippen LogP contribution in [0.25, 0.3) is 0 Å². The molecule has 0 amide bonds. The van der Waals surface area contributed by atoms with Gasteiger partial charge in [0.15, 0.2) is 12.4 Å². The van der Waals surface area contributed by atoms with Gasteiger partial charge >= 0.3 is 5.97 Å². The number of rotatable bonds is 4. The van der Waals surface area contributed by atoms with E-state index in [1.807, 2.05) is 13.8 Å². The molecule has 1 aromatic heterocycles. The molecule has 0 spiro atoms. The van der Waals surface area contributed by atoms with Gasteiger partial charge in [-0.15, -0.1) is 0 Å². The molecular weight excluding hydrogens is 263 g/mol. The Balaban J connectivity index is 2.07. The van der Waals surface area contributed by atoms with E-state index in [9.17, 15) is 9.18 Å². The predicted octanol–water partition coefficient (Wildman–Crippen LogP) is 1.94. The normalized spacial score (nSPS) is 10.8. The first kappa shape index (κ1) is 14.0. The predicted molar refractivity (Wildman–Crippen MR) is 70.3 cm³/mol. The zero-order chi connectivity index (χ0) is 14.7. The minimum Gasteiger partial charge on any atom is -0.454 e. The van der Waals surface area contributed by atoms with E-state index in [0.717, 1.165) is 12.1 Å².